The number of nitrogens with one attached hydrogen (secondary N) is 2. The Balaban J connectivity index is 1.42. The lowest BCUT2D eigenvalue weighted by Gasteiger charge is -2.18. The molecule has 198 valence electrons. The van der Waals surface area contributed by atoms with Crippen LogP contribution < -0.4 is 10.6 Å². The molecule has 8 heteroatoms. The molecule has 39 heavy (non-hydrogen) atoms. The summed E-state index contributed by atoms with van der Waals surface area (Å²) in [6.45, 7) is 6.36. The van der Waals surface area contributed by atoms with Crippen molar-refractivity contribution in [1.29, 1.82) is 5.26 Å². The van der Waals surface area contributed by atoms with Gasteiger partial charge in [-0.2, -0.15) is 5.26 Å². The van der Waals surface area contributed by atoms with Crippen molar-refractivity contribution in [2.45, 2.75) is 46.2 Å². The van der Waals surface area contributed by atoms with Crippen molar-refractivity contribution < 1.29 is 14.7 Å². The molecule has 2 heterocycles. The molecule has 0 radical (unpaired) electrons. The van der Waals surface area contributed by atoms with Gasteiger partial charge < -0.3 is 15.7 Å². The fraction of sp³-hybridized carbons (Fsp3) is 0.226. The highest BCUT2D eigenvalue weighted by Crippen LogP contribution is 2.28. The van der Waals surface area contributed by atoms with Crippen molar-refractivity contribution in [3.63, 3.8) is 0 Å². The van der Waals surface area contributed by atoms with Crippen LogP contribution in [0.5, 0.6) is 0 Å². The van der Waals surface area contributed by atoms with Gasteiger partial charge in [0.2, 0.25) is 0 Å². The summed E-state index contributed by atoms with van der Waals surface area (Å²) in [5, 5.41) is 27.2. The summed E-state index contributed by atoms with van der Waals surface area (Å²) in [5.41, 5.74) is 6.44. The van der Waals surface area contributed by atoms with Gasteiger partial charge in [-0.25, -0.2) is 9.78 Å². The maximum absolute atomic E-state index is 13.1. The fourth-order valence-electron chi connectivity index (χ4n) is 4.44. The lowest BCUT2D eigenvalue weighted by molar-refractivity contribution is -0.139. The van der Waals surface area contributed by atoms with Gasteiger partial charge >= 0.3 is 5.97 Å². The number of benzene rings is 2. The SMILES string of the molecule is CCc1cc(C#N)cc(C)c1C(=O)NC(Cc1ccc(-c2cc(CNc3cc(C)ccn3)cs2)cc1)C(=O)O. The number of carboxylic acids is 1. The molecule has 4 aromatic rings. The number of carbonyl (C=O) groups is 2. The van der Waals surface area contributed by atoms with Crippen molar-refractivity contribution in [2.24, 2.45) is 0 Å². The maximum atomic E-state index is 13.1. The van der Waals surface area contributed by atoms with Gasteiger partial charge in [0.15, 0.2) is 0 Å². The molecule has 0 fully saturated rings. The number of hydrogen-bond acceptors (Lipinski definition) is 6. The highest BCUT2D eigenvalue weighted by Gasteiger charge is 2.24. The number of aliphatic carboxylic acids is 1. The van der Waals surface area contributed by atoms with Gasteiger partial charge in [0.25, 0.3) is 5.91 Å². The maximum Gasteiger partial charge on any atom is 0.326 e. The van der Waals surface area contributed by atoms with E-state index in [1.165, 1.54) is 0 Å². The molecule has 3 N–H and O–H groups in total. The number of aromatic nitrogens is 1. The van der Waals surface area contributed by atoms with E-state index in [-0.39, 0.29) is 6.42 Å². The molecule has 0 aliphatic rings. The summed E-state index contributed by atoms with van der Waals surface area (Å²) in [7, 11) is 0. The number of carbonyl (C=O) groups excluding carboxylic acids is 1. The Kier molecular flexibility index (Phi) is 8.74. The second-order valence-electron chi connectivity index (χ2n) is 9.45. The van der Waals surface area contributed by atoms with Crippen LogP contribution in [0.4, 0.5) is 5.82 Å². The lowest BCUT2D eigenvalue weighted by atomic mass is 9.95. The van der Waals surface area contributed by atoms with Crippen molar-refractivity contribution in [3.05, 3.63) is 105 Å². The third-order valence-electron chi connectivity index (χ3n) is 6.48. The lowest BCUT2D eigenvalue weighted by Crippen LogP contribution is -2.42. The molecule has 7 nitrogen and oxygen atoms in total. The van der Waals surface area contributed by atoms with Gasteiger partial charge in [-0.05, 0) is 89.4 Å². The second kappa shape index (κ2) is 12.4. The minimum Gasteiger partial charge on any atom is -0.480 e. The first kappa shape index (κ1) is 27.6. The zero-order valence-corrected chi connectivity index (χ0v) is 22.9. The van der Waals surface area contributed by atoms with E-state index in [1.54, 1.807) is 36.6 Å². The van der Waals surface area contributed by atoms with E-state index >= 15 is 0 Å². The molecule has 2 aromatic carbocycles. The number of carboxylic acid groups (broad SMARTS) is 1. The molecule has 0 aliphatic carbocycles. The van der Waals surface area contributed by atoms with Gasteiger partial charge in [-0.15, -0.1) is 11.3 Å². The van der Waals surface area contributed by atoms with E-state index in [2.05, 4.69) is 33.1 Å². The zero-order chi connectivity index (χ0) is 27.9. The van der Waals surface area contributed by atoms with Gasteiger partial charge in [-0.3, -0.25) is 4.79 Å². The highest BCUT2D eigenvalue weighted by atomic mass is 32.1. The molecule has 2 aromatic heterocycles. The Bertz CT molecular complexity index is 1540. The molecular weight excluding hydrogens is 508 g/mol. The number of anilines is 1. The monoisotopic (exact) mass is 538 g/mol. The van der Waals surface area contributed by atoms with Crippen molar-refractivity contribution in [3.8, 4) is 16.5 Å². The first-order valence-electron chi connectivity index (χ1n) is 12.7. The number of pyridine rings is 1. The standard InChI is InChI=1S/C31H30N4O3S/c1-4-24-13-22(16-32)12-20(3)29(24)30(36)35-26(31(37)38)14-21-5-7-25(8-6-21)27-15-23(18-39-27)17-34-28-11-19(2)9-10-33-28/h5-13,15,18,26H,4,14,17H2,1-3H3,(H,33,34)(H,35,36)(H,37,38). The topological polar surface area (TPSA) is 115 Å². The summed E-state index contributed by atoms with van der Waals surface area (Å²) in [4.78, 5) is 30.6. The van der Waals surface area contributed by atoms with Crippen LogP contribution in [0.2, 0.25) is 0 Å². The van der Waals surface area contributed by atoms with Crippen molar-refractivity contribution in [1.82, 2.24) is 10.3 Å². The molecule has 0 saturated carbocycles. The molecular formula is C31H30N4O3S. The van der Waals surface area contributed by atoms with Gasteiger partial charge in [0, 0.05) is 29.6 Å². The van der Waals surface area contributed by atoms with Crippen molar-refractivity contribution in [2.75, 3.05) is 5.32 Å². The van der Waals surface area contributed by atoms with Crippen LogP contribution >= 0.6 is 11.3 Å². The van der Waals surface area contributed by atoms with Gasteiger partial charge in [0.1, 0.15) is 11.9 Å². The Morgan fingerprint density at radius 3 is 2.51 bits per heavy atom. The van der Waals surface area contributed by atoms with Crippen molar-refractivity contribution >= 4 is 29.0 Å². The molecule has 1 amide bonds. The minimum absolute atomic E-state index is 0.154. The number of amides is 1. The molecule has 1 unspecified atom stereocenters. The summed E-state index contributed by atoms with van der Waals surface area (Å²) in [6.07, 6.45) is 2.50. The predicted octanol–water partition coefficient (Wildman–Crippen LogP) is 5.90. The van der Waals surface area contributed by atoms with E-state index in [0.717, 1.165) is 38.5 Å². The van der Waals surface area contributed by atoms with E-state index in [1.807, 2.05) is 50.2 Å². The number of hydrogen-bond donors (Lipinski definition) is 3. The first-order chi connectivity index (χ1) is 18.8. The second-order valence-corrected chi connectivity index (χ2v) is 10.4. The van der Waals surface area contributed by atoms with Crippen LogP contribution in [0, 0.1) is 25.2 Å². The quantitative estimate of drug-likeness (QED) is 0.232. The number of aryl methyl sites for hydroxylation is 3. The number of thiophene rings is 1. The summed E-state index contributed by atoms with van der Waals surface area (Å²) < 4.78 is 0. The summed E-state index contributed by atoms with van der Waals surface area (Å²) in [5.74, 6) is -0.707. The van der Waals surface area contributed by atoms with Crippen LogP contribution in [-0.4, -0.2) is 28.0 Å². The Hall–Kier alpha value is -4.48. The molecule has 0 saturated heterocycles. The Morgan fingerprint density at radius 1 is 1.08 bits per heavy atom. The molecule has 0 bridgehead atoms. The molecule has 0 aliphatic heterocycles. The largest absolute Gasteiger partial charge is 0.480 e. The van der Waals surface area contributed by atoms with Crippen LogP contribution in [0.1, 0.15) is 50.7 Å². The van der Waals surface area contributed by atoms with Crippen LogP contribution in [0.25, 0.3) is 10.4 Å². The Morgan fingerprint density at radius 2 is 1.85 bits per heavy atom. The molecule has 1 atom stereocenters. The molecule has 4 rings (SSSR count). The van der Waals surface area contributed by atoms with E-state index in [4.69, 9.17) is 0 Å². The Labute approximate surface area is 232 Å². The predicted molar refractivity (Wildman–Crippen MR) is 154 cm³/mol. The van der Waals surface area contributed by atoms with E-state index in [9.17, 15) is 20.0 Å². The normalized spacial score (nSPS) is 11.4. The van der Waals surface area contributed by atoms with E-state index in [0.29, 0.717) is 29.7 Å². The number of rotatable bonds is 10. The highest BCUT2D eigenvalue weighted by molar-refractivity contribution is 7.13. The molecule has 0 spiro atoms. The minimum atomic E-state index is -1.10. The average Bonchev–Trinajstić information content (AvgIpc) is 3.40. The summed E-state index contributed by atoms with van der Waals surface area (Å²) >= 11 is 1.65. The third kappa shape index (κ3) is 6.89. The van der Waals surface area contributed by atoms with Gasteiger partial charge in [0.05, 0.1) is 11.6 Å². The number of nitrogens with zero attached hydrogens (tertiary/aromatic N) is 2. The summed E-state index contributed by atoms with van der Waals surface area (Å²) in [6, 6.07) is 18.2. The third-order valence-corrected chi connectivity index (χ3v) is 7.51. The first-order valence-corrected chi connectivity index (χ1v) is 13.6. The van der Waals surface area contributed by atoms with E-state index < -0.39 is 17.9 Å². The van der Waals surface area contributed by atoms with Crippen LogP contribution in [-0.2, 0) is 24.2 Å². The van der Waals surface area contributed by atoms with Crippen LogP contribution in [0.15, 0.2) is 66.2 Å². The van der Waals surface area contributed by atoms with Crippen LogP contribution in [0.3, 0.4) is 0 Å². The zero-order valence-electron chi connectivity index (χ0n) is 22.1. The smallest absolute Gasteiger partial charge is 0.326 e. The van der Waals surface area contributed by atoms with Gasteiger partial charge in [-0.1, -0.05) is 31.2 Å². The number of nitriles is 1. The fourth-order valence-corrected chi connectivity index (χ4v) is 5.37. The average molecular weight is 539 g/mol.